The number of carboxylic acid groups (broad SMARTS) is 1. The standard InChI is InChI=1S/C13H21N3O4/c1-8-14-10(20-16-8)7-6-9(17)15-13(4,5)12(2,3)11(18)19/h6-7H2,1-5H3,(H,15,17)(H,18,19). The second-order valence-electron chi connectivity index (χ2n) is 5.84. The molecule has 0 saturated carbocycles. The van der Waals surface area contributed by atoms with E-state index < -0.39 is 16.9 Å². The first-order chi connectivity index (χ1) is 9.06. The fraction of sp³-hybridized carbons (Fsp3) is 0.692. The molecule has 1 aromatic heterocycles. The van der Waals surface area contributed by atoms with Crippen LogP contribution in [0.4, 0.5) is 0 Å². The molecular formula is C13H21N3O4. The SMILES string of the molecule is Cc1noc(CCC(=O)NC(C)(C)C(C)(C)C(=O)O)n1. The van der Waals surface area contributed by atoms with E-state index in [0.717, 1.165) is 0 Å². The molecule has 1 rings (SSSR count). The average Bonchev–Trinajstić information content (AvgIpc) is 2.71. The first kappa shape index (κ1) is 16.1. The number of aryl methyl sites for hydroxylation is 2. The third kappa shape index (κ3) is 3.55. The Balaban J connectivity index is 2.59. The molecular weight excluding hydrogens is 262 g/mol. The minimum absolute atomic E-state index is 0.167. The third-order valence-electron chi connectivity index (χ3n) is 3.68. The van der Waals surface area contributed by atoms with Gasteiger partial charge in [0.05, 0.1) is 5.41 Å². The van der Waals surface area contributed by atoms with Gasteiger partial charge >= 0.3 is 5.97 Å². The highest BCUT2D eigenvalue weighted by atomic mass is 16.5. The lowest BCUT2D eigenvalue weighted by Gasteiger charge is -2.38. The zero-order chi connectivity index (χ0) is 15.6. The maximum atomic E-state index is 11.9. The van der Waals surface area contributed by atoms with Crippen molar-refractivity contribution in [2.45, 2.75) is 53.0 Å². The smallest absolute Gasteiger partial charge is 0.311 e. The summed E-state index contributed by atoms with van der Waals surface area (Å²) in [7, 11) is 0. The van der Waals surface area contributed by atoms with Crippen molar-refractivity contribution in [3.63, 3.8) is 0 Å². The van der Waals surface area contributed by atoms with Gasteiger partial charge in [-0.2, -0.15) is 4.98 Å². The van der Waals surface area contributed by atoms with Crippen LogP contribution in [0.3, 0.4) is 0 Å². The Bertz CT molecular complexity index is 505. The number of amides is 1. The lowest BCUT2D eigenvalue weighted by atomic mass is 9.74. The first-order valence-corrected chi connectivity index (χ1v) is 6.40. The van der Waals surface area contributed by atoms with E-state index in [9.17, 15) is 14.7 Å². The second-order valence-corrected chi connectivity index (χ2v) is 5.84. The highest BCUT2D eigenvalue weighted by molar-refractivity contribution is 5.80. The van der Waals surface area contributed by atoms with Gasteiger partial charge in [-0.05, 0) is 34.6 Å². The largest absolute Gasteiger partial charge is 0.481 e. The quantitative estimate of drug-likeness (QED) is 0.815. The van der Waals surface area contributed by atoms with Crippen LogP contribution in [-0.2, 0) is 16.0 Å². The lowest BCUT2D eigenvalue weighted by Crippen LogP contribution is -2.57. The van der Waals surface area contributed by atoms with Gasteiger partial charge in [0.1, 0.15) is 0 Å². The Labute approximate surface area is 117 Å². The minimum atomic E-state index is -1.08. The molecule has 0 atom stereocenters. The van der Waals surface area contributed by atoms with Gasteiger partial charge in [0.2, 0.25) is 11.8 Å². The molecule has 1 aromatic rings. The Morgan fingerprint density at radius 3 is 2.35 bits per heavy atom. The topological polar surface area (TPSA) is 105 Å². The second kappa shape index (κ2) is 5.60. The van der Waals surface area contributed by atoms with E-state index in [2.05, 4.69) is 15.5 Å². The van der Waals surface area contributed by atoms with Crippen molar-refractivity contribution < 1.29 is 19.2 Å². The van der Waals surface area contributed by atoms with E-state index in [1.54, 1.807) is 34.6 Å². The van der Waals surface area contributed by atoms with Gasteiger partial charge < -0.3 is 14.9 Å². The maximum absolute atomic E-state index is 11.9. The van der Waals surface area contributed by atoms with E-state index >= 15 is 0 Å². The van der Waals surface area contributed by atoms with Gasteiger partial charge in [-0.3, -0.25) is 9.59 Å². The van der Waals surface area contributed by atoms with Crippen molar-refractivity contribution in [3.05, 3.63) is 11.7 Å². The van der Waals surface area contributed by atoms with Crippen molar-refractivity contribution in [3.8, 4) is 0 Å². The molecule has 0 aliphatic heterocycles. The predicted octanol–water partition coefficient (Wildman–Crippen LogP) is 1.32. The van der Waals surface area contributed by atoms with Crippen molar-refractivity contribution in [2.24, 2.45) is 5.41 Å². The van der Waals surface area contributed by atoms with Crippen LogP contribution in [-0.4, -0.2) is 32.7 Å². The summed E-state index contributed by atoms with van der Waals surface area (Å²) in [5.41, 5.74) is -1.95. The maximum Gasteiger partial charge on any atom is 0.311 e. The van der Waals surface area contributed by atoms with Crippen LogP contribution in [0.2, 0.25) is 0 Å². The van der Waals surface area contributed by atoms with Gasteiger partial charge in [-0.25, -0.2) is 0 Å². The fourth-order valence-electron chi connectivity index (χ4n) is 1.50. The molecule has 112 valence electrons. The van der Waals surface area contributed by atoms with E-state index in [4.69, 9.17) is 4.52 Å². The number of carbonyl (C=O) groups is 2. The summed E-state index contributed by atoms with van der Waals surface area (Å²) in [5, 5.41) is 15.6. The number of rotatable bonds is 6. The minimum Gasteiger partial charge on any atom is -0.481 e. The predicted molar refractivity (Wildman–Crippen MR) is 71.0 cm³/mol. The molecule has 0 unspecified atom stereocenters. The number of carbonyl (C=O) groups excluding carboxylic acids is 1. The summed E-state index contributed by atoms with van der Waals surface area (Å²) in [6.07, 6.45) is 0.497. The molecule has 0 radical (unpaired) electrons. The Morgan fingerprint density at radius 1 is 1.30 bits per heavy atom. The lowest BCUT2D eigenvalue weighted by molar-refractivity contribution is -0.151. The molecule has 7 nitrogen and oxygen atoms in total. The normalized spacial score (nSPS) is 12.2. The van der Waals surface area contributed by atoms with Crippen molar-refractivity contribution >= 4 is 11.9 Å². The van der Waals surface area contributed by atoms with Crippen molar-refractivity contribution in [2.75, 3.05) is 0 Å². The van der Waals surface area contributed by atoms with E-state index in [0.29, 0.717) is 18.1 Å². The van der Waals surface area contributed by atoms with Gasteiger partial charge in [-0.1, -0.05) is 5.16 Å². The first-order valence-electron chi connectivity index (χ1n) is 6.40. The highest BCUT2D eigenvalue weighted by Gasteiger charge is 2.44. The number of hydrogen-bond donors (Lipinski definition) is 2. The molecule has 7 heteroatoms. The van der Waals surface area contributed by atoms with Crippen LogP contribution in [0.5, 0.6) is 0 Å². The van der Waals surface area contributed by atoms with Crippen LogP contribution in [0, 0.1) is 12.3 Å². The molecule has 2 N–H and O–H groups in total. The monoisotopic (exact) mass is 283 g/mol. The summed E-state index contributed by atoms with van der Waals surface area (Å²) >= 11 is 0. The summed E-state index contributed by atoms with van der Waals surface area (Å²) in [6.45, 7) is 8.24. The zero-order valence-corrected chi connectivity index (χ0v) is 12.5. The van der Waals surface area contributed by atoms with Gasteiger partial charge in [0.25, 0.3) is 0 Å². The van der Waals surface area contributed by atoms with Gasteiger partial charge in [0.15, 0.2) is 5.82 Å². The molecule has 0 spiro atoms. The highest BCUT2D eigenvalue weighted by Crippen LogP contribution is 2.30. The Morgan fingerprint density at radius 2 is 1.90 bits per heavy atom. The van der Waals surface area contributed by atoms with Crippen molar-refractivity contribution in [1.82, 2.24) is 15.5 Å². The van der Waals surface area contributed by atoms with E-state index in [1.807, 2.05) is 0 Å². The molecule has 1 amide bonds. The van der Waals surface area contributed by atoms with Crippen molar-refractivity contribution in [1.29, 1.82) is 0 Å². The number of carboxylic acids is 1. The Hall–Kier alpha value is -1.92. The van der Waals surface area contributed by atoms with Gasteiger partial charge in [0, 0.05) is 18.4 Å². The number of aliphatic carboxylic acids is 1. The number of hydrogen-bond acceptors (Lipinski definition) is 5. The van der Waals surface area contributed by atoms with Crippen LogP contribution in [0.15, 0.2) is 4.52 Å². The summed E-state index contributed by atoms with van der Waals surface area (Å²) in [5.74, 6) is -0.295. The summed E-state index contributed by atoms with van der Waals surface area (Å²) < 4.78 is 4.92. The summed E-state index contributed by atoms with van der Waals surface area (Å²) in [6, 6.07) is 0. The van der Waals surface area contributed by atoms with Crippen LogP contribution in [0.1, 0.15) is 45.8 Å². The fourth-order valence-corrected chi connectivity index (χ4v) is 1.50. The number of nitrogens with one attached hydrogen (secondary N) is 1. The van der Waals surface area contributed by atoms with Gasteiger partial charge in [-0.15, -0.1) is 0 Å². The average molecular weight is 283 g/mol. The summed E-state index contributed by atoms with van der Waals surface area (Å²) in [4.78, 5) is 27.2. The van der Waals surface area contributed by atoms with Crippen LogP contribution in [0.25, 0.3) is 0 Å². The van der Waals surface area contributed by atoms with Crippen LogP contribution >= 0.6 is 0 Å². The Kier molecular flexibility index (Phi) is 4.52. The van der Waals surface area contributed by atoms with E-state index in [1.165, 1.54) is 0 Å². The molecule has 1 heterocycles. The van der Waals surface area contributed by atoms with E-state index in [-0.39, 0.29) is 12.3 Å². The third-order valence-corrected chi connectivity index (χ3v) is 3.68. The molecule has 0 saturated heterocycles. The molecule has 0 aliphatic rings. The van der Waals surface area contributed by atoms with Crippen LogP contribution < -0.4 is 5.32 Å². The zero-order valence-electron chi connectivity index (χ0n) is 12.5. The molecule has 20 heavy (non-hydrogen) atoms. The molecule has 0 aliphatic carbocycles. The molecule has 0 bridgehead atoms. The number of nitrogens with zero attached hydrogens (tertiary/aromatic N) is 2. The molecule has 0 aromatic carbocycles. The number of aromatic nitrogens is 2. The molecule has 0 fully saturated rings.